The molecule has 2 saturated heterocycles. The number of esters is 4. The first-order chi connectivity index (χ1) is 57.1. The van der Waals surface area contributed by atoms with Crippen LogP contribution in [0.25, 0.3) is 0 Å². The molecule has 1 saturated carbocycles. The van der Waals surface area contributed by atoms with Crippen molar-refractivity contribution >= 4 is 31.7 Å². The number of carbonyl (C=O) groups excluding carboxylic acids is 4. The molecule has 0 bridgehead atoms. The van der Waals surface area contributed by atoms with E-state index >= 15 is 0 Å². The minimum Gasteiger partial charge on any atom is -0.463 e. The van der Waals surface area contributed by atoms with Gasteiger partial charge in [0.25, 0.3) is 0 Å². The zero-order valence-electron chi connectivity index (χ0n) is 73.9. The Balaban J connectivity index is 1.93. The van der Waals surface area contributed by atoms with Crippen LogP contribution in [0, 0.1) is 5.92 Å². The molecular formula is C92H169O25P. The first kappa shape index (κ1) is 109. The number of hydrogen-bond donors (Lipinski definition) is 10. The van der Waals surface area contributed by atoms with Crippen molar-refractivity contribution in [2.75, 3.05) is 26.4 Å². The van der Waals surface area contributed by atoms with Crippen molar-refractivity contribution in [1.82, 2.24) is 0 Å². The molecule has 2 aliphatic heterocycles. The molecule has 1 aliphatic carbocycles. The quantitative estimate of drug-likeness (QED) is 0.00889. The smallest absolute Gasteiger partial charge is 0.463 e. The Morgan fingerprint density at radius 3 is 1.11 bits per heavy atom. The van der Waals surface area contributed by atoms with Crippen LogP contribution in [0.4, 0.5) is 0 Å². The van der Waals surface area contributed by atoms with Gasteiger partial charge in [0.05, 0.1) is 13.2 Å². The lowest BCUT2D eigenvalue weighted by molar-refractivity contribution is -0.360. The first-order valence-electron chi connectivity index (χ1n) is 47.5. The third kappa shape index (κ3) is 50.2. The second kappa shape index (κ2) is 70.2. The number of hydrogen-bond acceptors (Lipinski definition) is 24. The van der Waals surface area contributed by atoms with E-state index in [9.17, 15) is 74.6 Å². The predicted molar refractivity (Wildman–Crippen MR) is 458 cm³/mol. The molecule has 3 fully saturated rings. The number of phosphoric ester groups is 1. The third-order valence-corrected chi connectivity index (χ3v) is 24.3. The molecule has 19 unspecified atom stereocenters. The fourth-order valence-electron chi connectivity index (χ4n) is 15.7. The summed E-state index contributed by atoms with van der Waals surface area (Å²) in [7, 11) is -5.81. The summed E-state index contributed by atoms with van der Waals surface area (Å²) in [6.07, 6.45) is 28.9. The lowest BCUT2D eigenvalue weighted by atomic mass is 9.84. The van der Waals surface area contributed by atoms with Gasteiger partial charge in [-0.3, -0.25) is 28.2 Å². The van der Waals surface area contributed by atoms with Gasteiger partial charge >= 0.3 is 31.7 Å². The molecular weight excluding hydrogens is 1540 g/mol. The number of phosphoric acid groups is 1. The molecule has 25 nitrogen and oxygen atoms in total. The van der Waals surface area contributed by atoms with E-state index in [0.717, 1.165) is 141 Å². The van der Waals surface area contributed by atoms with Crippen LogP contribution in [0.3, 0.4) is 0 Å². The highest BCUT2D eigenvalue weighted by atomic mass is 31.2. The second-order valence-corrected chi connectivity index (χ2v) is 35.6. The van der Waals surface area contributed by atoms with Crippen LogP contribution in [0.5, 0.6) is 0 Å². The van der Waals surface area contributed by atoms with E-state index in [0.29, 0.717) is 44.4 Å². The summed E-state index contributed by atoms with van der Waals surface area (Å²) >= 11 is 0. The molecule has 10 N–H and O–H groups in total. The van der Waals surface area contributed by atoms with Crippen molar-refractivity contribution < 1.29 is 122 Å². The highest BCUT2D eigenvalue weighted by molar-refractivity contribution is 7.47. The highest BCUT2D eigenvalue weighted by Crippen LogP contribution is 2.49. The highest BCUT2D eigenvalue weighted by Gasteiger charge is 2.60. The Morgan fingerprint density at radius 1 is 0.356 bits per heavy atom. The van der Waals surface area contributed by atoms with Crippen molar-refractivity contribution in [2.24, 2.45) is 5.92 Å². The summed E-state index contributed by atoms with van der Waals surface area (Å²) in [5, 5.41) is 102. The topological polar surface area (TPSA) is 380 Å². The summed E-state index contributed by atoms with van der Waals surface area (Å²) in [4.78, 5) is 66.5. The minimum atomic E-state index is -5.81. The van der Waals surface area contributed by atoms with E-state index < -0.39 is 162 Å². The lowest BCUT2D eigenvalue weighted by Crippen LogP contribution is -2.70. The standard InChI is InChI=1S/C92H169O25P/c1-6-10-14-18-22-25-28-31-33-36-39-41-44-51-57-63-75(94)108-68-72(111-77(96)65-59-53-46-43-40-37-34-32-29-26-23-19-15-11-7-2)69-110-118(106,107)117-90-88(115-91-85(104)81(100)79(98)73(67-93)112-91)84(103)83(102)87(114-78(97)66-60-54-48-47-50-56-62-71(5)61-55-49-21-17-13-9-4)89(90)116-92-86(105)82(101)80(99)74(113-92)70-109-76(95)64-58-52-45-42-38-35-30-27-24-20-16-12-8-3/h25,28,35,38,71-74,79-93,98-105H,6-24,26-27,29-34,36-37,39-70H2,1-5H3,(H,106,107)/b28-25-,38-35-. The van der Waals surface area contributed by atoms with Gasteiger partial charge in [0.2, 0.25) is 0 Å². The molecule has 2 heterocycles. The van der Waals surface area contributed by atoms with E-state index in [1.165, 1.54) is 161 Å². The van der Waals surface area contributed by atoms with Gasteiger partial charge in [0.15, 0.2) is 24.8 Å². The molecule has 0 aromatic rings. The van der Waals surface area contributed by atoms with E-state index in [1.54, 1.807) is 0 Å². The maximum absolute atomic E-state index is 14.9. The van der Waals surface area contributed by atoms with Gasteiger partial charge in [-0.05, 0) is 83.0 Å². The van der Waals surface area contributed by atoms with Gasteiger partial charge in [-0.25, -0.2) is 4.57 Å². The predicted octanol–water partition coefficient (Wildman–Crippen LogP) is 17.6. The van der Waals surface area contributed by atoms with Crippen molar-refractivity contribution in [3.8, 4) is 0 Å². The molecule has 19 atom stereocenters. The third-order valence-electron chi connectivity index (χ3n) is 23.3. The summed E-state index contributed by atoms with van der Waals surface area (Å²) < 4.78 is 73.5. The molecule has 26 heteroatoms. The Morgan fingerprint density at radius 2 is 0.686 bits per heavy atom. The maximum atomic E-state index is 14.9. The summed E-state index contributed by atoms with van der Waals surface area (Å²) in [5.41, 5.74) is 0. The van der Waals surface area contributed by atoms with Crippen molar-refractivity contribution in [2.45, 2.75) is 505 Å². The number of ether oxygens (including phenoxy) is 8. The molecule has 692 valence electrons. The number of rotatable bonds is 76. The maximum Gasteiger partial charge on any atom is 0.472 e. The van der Waals surface area contributed by atoms with Crippen molar-refractivity contribution in [1.29, 1.82) is 0 Å². The molecule has 0 radical (unpaired) electrons. The minimum absolute atomic E-state index is 0.00610. The van der Waals surface area contributed by atoms with Crippen LogP contribution in [-0.4, -0.2) is 205 Å². The van der Waals surface area contributed by atoms with E-state index in [1.807, 2.05) is 0 Å². The number of aliphatic hydroxyl groups is 9. The first-order valence-corrected chi connectivity index (χ1v) is 49.0. The van der Waals surface area contributed by atoms with Gasteiger partial charge in [0, 0.05) is 25.7 Å². The SMILES string of the molecule is CCCCCC/C=C\CCCCCCCCCC(=O)OCC(COP(=O)(O)OC1C(OC2OC(CO)C(O)C(O)C2O)C(O)C(O)C(OC(=O)CCCCCCCCC(C)CCCCCCCC)C1OC1OC(COC(=O)CCCCC/C=C\CCCCCCCC)C(O)C(O)C1O)OC(=O)CCCCCCCCCCCCCCCCC. The fraction of sp³-hybridized carbons (Fsp3) is 0.913. The average molecular weight is 1710 g/mol. The summed E-state index contributed by atoms with van der Waals surface area (Å²) in [5.74, 6) is -2.36. The summed E-state index contributed by atoms with van der Waals surface area (Å²) in [6, 6.07) is 0. The molecule has 0 spiro atoms. The molecule has 0 amide bonds. The van der Waals surface area contributed by atoms with E-state index in [2.05, 4.69) is 58.9 Å². The molecule has 3 rings (SSSR count). The zero-order chi connectivity index (χ0) is 86.2. The van der Waals surface area contributed by atoms with Gasteiger partial charge < -0.3 is 88.7 Å². The Bertz CT molecular complexity index is 2570. The normalized spacial score (nSPS) is 25.3. The average Bonchev–Trinajstić information content (AvgIpc) is 0.757. The molecule has 118 heavy (non-hydrogen) atoms. The fourth-order valence-corrected chi connectivity index (χ4v) is 16.6. The van der Waals surface area contributed by atoms with Crippen LogP contribution < -0.4 is 0 Å². The van der Waals surface area contributed by atoms with Gasteiger partial charge in [-0.1, -0.05) is 322 Å². The van der Waals surface area contributed by atoms with Gasteiger partial charge in [0.1, 0.15) is 92.6 Å². The Kier molecular flexibility index (Phi) is 64.9. The molecule has 3 aliphatic rings. The zero-order valence-corrected chi connectivity index (χ0v) is 74.8. The number of aliphatic hydroxyl groups excluding tert-OH is 9. The lowest BCUT2D eigenvalue weighted by Gasteiger charge is -2.50. The van der Waals surface area contributed by atoms with Crippen LogP contribution in [0.2, 0.25) is 0 Å². The molecule has 0 aromatic carbocycles. The van der Waals surface area contributed by atoms with Crippen molar-refractivity contribution in [3.63, 3.8) is 0 Å². The Labute approximate surface area is 711 Å². The van der Waals surface area contributed by atoms with E-state index in [4.69, 9.17) is 46.9 Å². The van der Waals surface area contributed by atoms with Gasteiger partial charge in [-0.15, -0.1) is 0 Å². The van der Waals surface area contributed by atoms with Crippen molar-refractivity contribution in [3.05, 3.63) is 24.3 Å². The summed E-state index contributed by atoms with van der Waals surface area (Å²) in [6.45, 7) is 7.87. The van der Waals surface area contributed by atoms with Crippen LogP contribution in [0.1, 0.15) is 401 Å². The van der Waals surface area contributed by atoms with Crippen LogP contribution >= 0.6 is 7.82 Å². The van der Waals surface area contributed by atoms with Crippen LogP contribution in [0.15, 0.2) is 24.3 Å². The second-order valence-electron chi connectivity index (χ2n) is 34.1. The largest absolute Gasteiger partial charge is 0.472 e. The van der Waals surface area contributed by atoms with Crippen LogP contribution in [-0.2, 0) is 70.7 Å². The van der Waals surface area contributed by atoms with E-state index in [-0.39, 0.29) is 25.7 Å². The number of unbranched alkanes of at least 4 members (excludes halogenated alkanes) is 44. The van der Waals surface area contributed by atoms with Gasteiger partial charge in [-0.2, -0.15) is 0 Å². The Hall–Kier alpha value is -3.05. The molecule has 0 aromatic heterocycles. The number of allylic oxidation sites excluding steroid dienone is 4. The monoisotopic (exact) mass is 1710 g/mol. The number of carbonyl (C=O) groups is 4.